The Hall–Kier alpha value is -2.36. The number of rotatable bonds is 8. The first kappa shape index (κ1) is 27.2. The summed E-state index contributed by atoms with van der Waals surface area (Å²) in [4.78, 5) is 35.1. The van der Waals surface area contributed by atoms with Gasteiger partial charge in [-0.25, -0.2) is 10.2 Å². The first-order valence-corrected chi connectivity index (χ1v) is 13.0. The summed E-state index contributed by atoms with van der Waals surface area (Å²) < 4.78 is 13.3. The summed E-state index contributed by atoms with van der Waals surface area (Å²) in [5.74, 6) is -0.631. The highest BCUT2D eigenvalue weighted by Gasteiger charge is 2.17. The molecule has 3 aromatic rings. The van der Waals surface area contributed by atoms with Crippen molar-refractivity contribution >= 4 is 94.2 Å². The van der Waals surface area contributed by atoms with E-state index < -0.39 is 16.8 Å². The Balaban J connectivity index is 1.67. The van der Waals surface area contributed by atoms with Crippen molar-refractivity contribution in [3.8, 4) is 11.5 Å². The Bertz CT molecular complexity index is 1340. The van der Waals surface area contributed by atoms with Crippen LogP contribution in [-0.4, -0.2) is 29.6 Å². The number of benzene rings is 3. The fourth-order valence-corrected chi connectivity index (χ4v) is 5.06. The van der Waals surface area contributed by atoms with E-state index in [2.05, 4.69) is 80.9 Å². The monoisotopic (exact) mass is 779 g/mol. The van der Waals surface area contributed by atoms with E-state index in [1.807, 2.05) is 6.07 Å². The summed E-state index contributed by atoms with van der Waals surface area (Å²) in [5.41, 5.74) is 3.04. The second-order valence-electron chi connectivity index (χ2n) is 6.63. The van der Waals surface area contributed by atoms with Gasteiger partial charge in [0.25, 0.3) is 11.6 Å². The molecule has 0 fully saturated rings. The van der Waals surface area contributed by atoms with Crippen LogP contribution in [0.25, 0.3) is 0 Å². The van der Waals surface area contributed by atoms with Crippen LogP contribution in [0.5, 0.6) is 11.5 Å². The number of hydrogen-bond donors (Lipinski definition) is 1. The minimum absolute atomic E-state index is 0.114. The van der Waals surface area contributed by atoms with Gasteiger partial charge >= 0.3 is 5.97 Å². The molecular formula is C22H13Br3IN3O6. The van der Waals surface area contributed by atoms with Gasteiger partial charge < -0.3 is 9.47 Å². The SMILES string of the molecule is O=C(COc1ccc([N+](=O)[O-])cc1Br)N/N=C/c1cc(Br)cc(Br)c1OC(=O)c1ccccc1I. The minimum Gasteiger partial charge on any atom is -0.483 e. The molecule has 0 radical (unpaired) electrons. The maximum atomic E-state index is 12.7. The molecule has 0 aliphatic rings. The number of nitrogens with one attached hydrogen (secondary N) is 1. The van der Waals surface area contributed by atoms with Gasteiger partial charge in [0.2, 0.25) is 0 Å². The van der Waals surface area contributed by atoms with Gasteiger partial charge in [-0.05, 0) is 84.8 Å². The number of carbonyl (C=O) groups excluding carboxylic acids is 2. The maximum absolute atomic E-state index is 12.7. The lowest BCUT2D eigenvalue weighted by Gasteiger charge is -2.11. The Morgan fingerprint density at radius 1 is 1.09 bits per heavy atom. The second kappa shape index (κ2) is 12.6. The van der Waals surface area contributed by atoms with Gasteiger partial charge in [-0.15, -0.1) is 0 Å². The molecule has 0 heterocycles. The number of non-ortho nitro benzene ring substituents is 1. The molecule has 13 heteroatoms. The quantitative estimate of drug-likeness (QED) is 0.0723. The van der Waals surface area contributed by atoms with E-state index in [0.29, 0.717) is 24.5 Å². The second-order valence-corrected chi connectivity index (χ2v) is 10.4. The molecule has 3 rings (SSSR count). The van der Waals surface area contributed by atoms with Gasteiger partial charge in [0, 0.05) is 25.7 Å². The van der Waals surface area contributed by atoms with E-state index >= 15 is 0 Å². The predicted molar refractivity (Wildman–Crippen MR) is 148 cm³/mol. The largest absolute Gasteiger partial charge is 0.483 e. The van der Waals surface area contributed by atoms with Crippen LogP contribution in [0, 0.1) is 13.7 Å². The number of nitro groups is 1. The molecule has 35 heavy (non-hydrogen) atoms. The summed E-state index contributed by atoms with van der Waals surface area (Å²) in [6, 6.07) is 14.3. The normalized spacial score (nSPS) is 10.7. The number of amides is 1. The molecule has 0 saturated carbocycles. The number of halogens is 4. The van der Waals surface area contributed by atoms with Crippen molar-refractivity contribution in [3.63, 3.8) is 0 Å². The van der Waals surface area contributed by atoms with Crippen LogP contribution in [-0.2, 0) is 4.79 Å². The summed E-state index contributed by atoms with van der Waals surface area (Å²) in [6.07, 6.45) is 1.33. The van der Waals surface area contributed by atoms with E-state index in [0.717, 1.165) is 3.57 Å². The lowest BCUT2D eigenvalue weighted by molar-refractivity contribution is -0.384. The molecule has 0 aliphatic heterocycles. The maximum Gasteiger partial charge on any atom is 0.344 e. The zero-order chi connectivity index (χ0) is 25.5. The first-order valence-electron chi connectivity index (χ1n) is 9.50. The van der Waals surface area contributed by atoms with Crippen molar-refractivity contribution in [2.45, 2.75) is 0 Å². The fraction of sp³-hybridized carbons (Fsp3) is 0.0455. The number of hydrazone groups is 1. The van der Waals surface area contributed by atoms with E-state index in [1.165, 1.54) is 24.4 Å². The summed E-state index contributed by atoms with van der Waals surface area (Å²) >= 11 is 12.0. The van der Waals surface area contributed by atoms with E-state index in [-0.39, 0.29) is 23.8 Å². The third-order valence-electron chi connectivity index (χ3n) is 4.20. The zero-order valence-electron chi connectivity index (χ0n) is 17.3. The van der Waals surface area contributed by atoms with Crippen LogP contribution in [0.2, 0.25) is 0 Å². The molecular weight excluding hydrogens is 769 g/mol. The van der Waals surface area contributed by atoms with Crippen molar-refractivity contribution in [3.05, 3.63) is 92.8 Å². The number of esters is 1. The highest BCUT2D eigenvalue weighted by molar-refractivity contribution is 14.1. The van der Waals surface area contributed by atoms with Gasteiger partial charge in [0.1, 0.15) is 5.75 Å². The number of ether oxygens (including phenoxy) is 2. The summed E-state index contributed by atoms with van der Waals surface area (Å²) in [5, 5.41) is 14.7. The van der Waals surface area contributed by atoms with Gasteiger partial charge in [-0.1, -0.05) is 28.1 Å². The number of nitro benzene ring substituents is 1. The third kappa shape index (κ3) is 7.56. The van der Waals surface area contributed by atoms with Gasteiger partial charge in [0.15, 0.2) is 12.4 Å². The van der Waals surface area contributed by atoms with E-state index in [4.69, 9.17) is 9.47 Å². The van der Waals surface area contributed by atoms with Crippen LogP contribution < -0.4 is 14.9 Å². The molecule has 0 saturated heterocycles. The number of carbonyl (C=O) groups is 2. The molecule has 180 valence electrons. The highest BCUT2D eigenvalue weighted by Crippen LogP contribution is 2.33. The number of nitrogens with zero attached hydrogens (tertiary/aromatic N) is 2. The topological polar surface area (TPSA) is 120 Å². The van der Waals surface area contributed by atoms with Crippen LogP contribution in [0.4, 0.5) is 5.69 Å². The van der Waals surface area contributed by atoms with Crippen molar-refractivity contribution < 1.29 is 24.0 Å². The van der Waals surface area contributed by atoms with Crippen molar-refractivity contribution in [2.24, 2.45) is 5.10 Å². The van der Waals surface area contributed by atoms with Crippen LogP contribution >= 0.6 is 70.4 Å². The average Bonchev–Trinajstić information content (AvgIpc) is 2.80. The van der Waals surface area contributed by atoms with Crippen LogP contribution in [0.3, 0.4) is 0 Å². The summed E-state index contributed by atoms with van der Waals surface area (Å²) in [7, 11) is 0. The molecule has 0 aromatic heterocycles. The van der Waals surface area contributed by atoms with Crippen molar-refractivity contribution in [2.75, 3.05) is 6.61 Å². The summed E-state index contributed by atoms with van der Waals surface area (Å²) in [6.45, 7) is -0.385. The predicted octanol–water partition coefficient (Wildman–Crippen LogP) is 6.24. The highest BCUT2D eigenvalue weighted by atomic mass is 127. The standard InChI is InChI=1S/C22H13Br3IN3O6/c23-13-7-12(21(17(25)8-13)35-22(31)15-3-1-2-4-18(15)26)10-27-28-20(30)11-34-19-6-5-14(29(32)33)9-16(19)24/h1-10H,11H2,(H,28,30)/b27-10+. The number of hydrogen-bond acceptors (Lipinski definition) is 7. The van der Waals surface area contributed by atoms with Gasteiger partial charge in [0.05, 0.1) is 25.6 Å². The lowest BCUT2D eigenvalue weighted by Crippen LogP contribution is -2.24. The molecule has 1 amide bonds. The Morgan fingerprint density at radius 2 is 1.83 bits per heavy atom. The Kier molecular flexibility index (Phi) is 9.77. The molecule has 0 bridgehead atoms. The molecule has 0 aliphatic carbocycles. The Labute approximate surface area is 237 Å². The lowest BCUT2D eigenvalue weighted by atomic mass is 10.2. The average molecular weight is 782 g/mol. The minimum atomic E-state index is -0.571. The van der Waals surface area contributed by atoms with Crippen molar-refractivity contribution in [1.29, 1.82) is 0 Å². The molecule has 0 atom stereocenters. The zero-order valence-corrected chi connectivity index (χ0v) is 24.3. The third-order valence-corrected chi connectivity index (χ3v) is 6.81. The Morgan fingerprint density at radius 3 is 2.51 bits per heavy atom. The molecule has 9 nitrogen and oxygen atoms in total. The molecule has 0 unspecified atom stereocenters. The van der Waals surface area contributed by atoms with Gasteiger partial charge in [-0.3, -0.25) is 14.9 Å². The van der Waals surface area contributed by atoms with Gasteiger partial charge in [-0.2, -0.15) is 5.10 Å². The first-order chi connectivity index (χ1) is 16.7. The van der Waals surface area contributed by atoms with Crippen molar-refractivity contribution in [1.82, 2.24) is 5.43 Å². The van der Waals surface area contributed by atoms with E-state index in [9.17, 15) is 19.7 Å². The molecule has 3 aromatic carbocycles. The molecule has 0 spiro atoms. The molecule has 1 N–H and O–H groups in total. The van der Waals surface area contributed by atoms with Crippen LogP contribution in [0.15, 0.2) is 73.1 Å². The fourth-order valence-electron chi connectivity index (χ4n) is 2.63. The smallest absolute Gasteiger partial charge is 0.344 e. The van der Waals surface area contributed by atoms with E-state index in [1.54, 1.807) is 30.3 Å². The van der Waals surface area contributed by atoms with Crippen LogP contribution in [0.1, 0.15) is 15.9 Å².